The van der Waals surface area contributed by atoms with E-state index in [1.165, 1.54) is 7.11 Å². The standard InChI is InChI=1S/C10H14O4/c1-10(2)6(4-5-7(11)12)8(10)9(13)14-3/h4-6,8H,1-3H3,(H,11,12)/b5-4-. The lowest BCUT2D eigenvalue weighted by Crippen LogP contribution is -2.07. The van der Waals surface area contributed by atoms with Gasteiger partial charge in [-0.1, -0.05) is 19.9 Å². The summed E-state index contributed by atoms with van der Waals surface area (Å²) in [5.74, 6) is -1.49. The topological polar surface area (TPSA) is 63.6 Å². The molecule has 2 unspecified atom stereocenters. The first kappa shape index (κ1) is 10.8. The van der Waals surface area contributed by atoms with Crippen molar-refractivity contribution in [3.05, 3.63) is 12.2 Å². The summed E-state index contributed by atoms with van der Waals surface area (Å²) >= 11 is 0. The normalized spacial score (nSPS) is 28.8. The lowest BCUT2D eigenvalue weighted by Gasteiger charge is -1.98. The number of carbonyl (C=O) groups excluding carboxylic acids is 1. The number of rotatable bonds is 3. The Morgan fingerprint density at radius 1 is 1.43 bits per heavy atom. The molecule has 4 nitrogen and oxygen atoms in total. The monoisotopic (exact) mass is 198 g/mol. The smallest absolute Gasteiger partial charge is 0.327 e. The van der Waals surface area contributed by atoms with E-state index in [0.717, 1.165) is 6.08 Å². The van der Waals surface area contributed by atoms with Gasteiger partial charge >= 0.3 is 11.9 Å². The predicted molar refractivity (Wildman–Crippen MR) is 49.6 cm³/mol. The van der Waals surface area contributed by atoms with Gasteiger partial charge in [-0.3, -0.25) is 4.79 Å². The van der Waals surface area contributed by atoms with E-state index in [9.17, 15) is 9.59 Å². The third-order valence-corrected chi connectivity index (χ3v) is 2.81. The van der Waals surface area contributed by atoms with E-state index in [2.05, 4.69) is 4.74 Å². The zero-order valence-corrected chi connectivity index (χ0v) is 8.48. The van der Waals surface area contributed by atoms with Crippen LogP contribution in [-0.2, 0) is 14.3 Å². The maximum Gasteiger partial charge on any atom is 0.327 e. The quantitative estimate of drug-likeness (QED) is 0.544. The molecule has 14 heavy (non-hydrogen) atoms. The van der Waals surface area contributed by atoms with Crippen molar-refractivity contribution in [2.24, 2.45) is 17.3 Å². The van der Waals surface area contributed by atoms with E-state index < -0.39 is 5.97 Å². The Balaban J connectivity index is 2.66. The van der Waals surface area contributed by atoms with Crippen molar-refractivity contribution in [3.8, 4) is 0 Å². The van der Waals surface area contributed by atoms with Crippen molar-refractivity contribution in [2.45, 2.75) is 13.8 Å². The molecule has 0 aromatic carbocycles. The second kappa shape index (κ2) is 3.44. The largest absolute Gasteiger partial charge is 0.478 e. The maximum atomic E-state index is 11.2. The number of aliphatic carboxylic acids is 1. The molecule has 1 N–H and O–H groups in total. The van der Waals surface area contributed by atoms with Crippen LogP contribution in [0.1, 0.15) is 13.8 Å². The molecular formula is C10H14O4. The van der Waals surface area contributed by atoms with E-state index in [0.29, 0.717) is 0 Å². The molecule has 78 valence electrons. The van der Waals surface area contributed by atoms with Gasteiger partial charge in [0.05, 0.1) is 13.0 Å². The van der Waals surface area contributed by atoms with Crippen LogP contribution in [0.5, 0.6) is 0 Å². The molecule has 1 aliphatic carbocycles. The van der Waals surface area contributed by atoms with Crippen LogP contribution < -0.4 is 0 Å². The first-order chi connectivity index (χ1) is 6.41. The summed E-state index contributed by atoms with van der Waals surface area (Å²) in [6.07, 6.45) is 2.64. The number of carboxylic acid groups (broad SMARTS) is 1. The van der Waals surface area contributed by atoms with Crippen molar-refractivity contribution < 1.29 is 19.4 Å². The van der Waals surface area contributed by atoms with Gasteiger partial charge in [0.25, 0.3) is 0 Å². The third-order valence-electron chi connectivity index (χ3n) is 2.81. The molecule has 1 rings (SSSR count). The number of hydrogen-bond donors (Lipinski definition) is 1. The molecule has 0 amide bonds. The predicted octanol–water partition coefficient (Wildman–Crippen LogP) is 1.07. The van der Waals surface area contributed by atoms with Crippen LogP contribution >= 0.6 is 0 Å². The lowest BCUT2D eigenvalue weighted by molar-refractivity contribution is -0.143. The van der Waals surface area contributed by atoms with Gasteiger partial charge < -0.3 is 9.84 Å². The van der Waals surface area contributed by atoms with Crippen molar-refractivity contribution in [1.29, 1.82) is 0 Å². The summed E-state index contributed by atoms with van der Waals surface area (Å²) < 4.78 is 4.63. The number of hydrogen-bond acceptors (Lipinski definition) is 3. The molecule has 0 aromatic rings. The molecule has 0 aromatic heterocycles. The number of allylic oxidation sites excluding steroid dienone is 1. The third kappa shape index (κ3) is 1.78. The lowest BCUT2D eigenvalue weighted by atomic mass is 10.1. The Kier molecular flexibility index (Phi) is 2.64. The van der Waals surface area contributed by atoms with E-state index in [-0.39, 0.29) is 23.2 Å². The first-order valence-corrected chi connectivity index (χ1v) is 4.40. The molecule has 0 heterocycles. The van der Waals surface area contributed by atoms with Gasteiger partial charge in [-0.15, -0.1) is 0 Å². The highest BCUT2D eigenvalue weighted by Gasteiger charge is 2.61. The van der Waals surface area contributed by atoms with Crippen molar-refractivity contribution in [1.82, 2.24) is 0 Å². The van der Waals surface area contributed by atoms with Gasteiger partial charge in [0.1, 0.15) is 0 Å². The summed E-state index contributed by atoms with van der Waals surface area (Å²) in [7, 11) is 1.34. The summed E-state index contributed by atoms with van der Waals surface area (Å²) in [5.41, 5.74) is -0.182. The zero-order valence-electron chi connectivity index (χ0n) is 8.48. The minimum Gasteiger partial charge on any atom is -0.478 e. The Hall–Kier alpha value is -1.32. The molecule has 1 fully saturated rings. The van der Waals surface area contributed by atoms with E-state index in [1.807, 2.05) is 13.8 Å². The number of esters is 1. The summed E-state index contributed by atoms with van der Waals surface area (Å²) in [6.45, 7) is 3.84. The molecule has 0 spiro atoms. The molecular weight excluding hydrogens is 184 g/mol. The van der Waals surface area contributed by atoms with Crippen LogP contribution in [-0.4, -0.2) is 24.2 Å². The molecule has 0 aliphatic heterocycles. The highest BCUT2D eigenvalue weighted by atomic mass is 16.5. The van der Waals surface area contributed by atoms with Crippen LogP contribution in [0.25, 0.3) is 0 Å². The van der Waals surface area contributed by atoms with Crippen molar-refractivity contribution >= 4 is 11.9 Å². The van der Waals surface area contributed by atoms with Gasteiger partial charge in [0.15, 0.2) is 0 Å². The second-order valence-corrected chi connectivity index (χ2v) is 4.05. The molecule has 1 aliphatic rings. The fourth-order valence-corrected chi connectivity index (χ4v) is 1.80. The Morgan fingerprint density at radius 2 is 2.00 bits per heavy atom. The SMILES string of the molecule is COC(=O)C1C(/C=C\C(=O)O)C1(C)C. The number of ether oxygens (including phenoxy) is 1. The first-order valence-electron chi connectivity index (χ1n) is 4.40. The van der Waals surface area contributed by atoms with E-state index in [4.69, 9.17) is 5.11 Å². The Labute approximate surface area is 82.6 Å². The molecule has 0 saturated heterocycles. The van der Waals surface area contributed by atoms with Crippen LogP contribution in [0.2, 0.25) is 0 Å². The van der Waals surface area contributed by atoms with Crippen LogP contribution in [0.4, 0.5) is 0 Å². The average molecular weight is 198 g/mol. The minimum atomic E-state index is -0.990. The van der Waals surface area contributed by atoms with Crippen LogP contribution in [0.3, 0.4) is 0 Å². The molecule has 0 radical (unpaired) electrons. The molecule has 4 heteroatoms. The van der Waals surface area contributed by atoms with Gasteiger partial charge in [0, 0.05) is 6.08 Å². The van der Waals surface area contributed by atoms with E-state index in [1.54, 1.807) is 6.08 Å². The summed E-state index contributed by atoms with van der Waals surface area (Å²) in [5, 5.41) is 8.44. The molecule has 2 atom stereocenters. The highest BCUT2D eigenvalue weighted by Crippen LogP contribution is 2.59. The summed E-state index contributed by atoms with van der Waals surface area (Å²) in [6, 6.07) is 0. The Morgan fingerprint density at radius 3 is 2.43 bits per heavy atom. The Bertz CT molecular complexity index is 290. The average Bonchev–Trinajstić information content (AvgIpc) is 2.63. The van der Waals surface area contributed by atoms with Gasteiger partial charge in [0.2, 0.25) is 0 Å². The zero-order chi connectivity index (χ0) is 10.9. The number of carbonyl (C=O) groups is 2. The van der Waals surface area contributed by atoms with Crippen molar-refractivity contribution in [2.75, 3.05) is 7.11 Å². The van der Waals surface area contributed by atoms with Crippen LogP contribution in [0, 0.1) is 17.3 Å². The van der Waals surface area contributed by atoms with Gasteiger partial charge in [-0.25, -0.2) is 4.79 Å². The number of methoxy groups -OCH3 is 1. The molecule has 1 saturated carbocycles. The number of carboxylic acids is 1. The highest BCUT2D eigenvalue weighted by molar-refractivity contribution is 5.81. The maximum absolute atomic E-state index is 11.2. The fraction of sp³-hybridized carbons (Fsp3) is 0.600. The van der Waals surface area contributed by atoms with E-state index >= 15 is 0 Å². The summed E-state index contributed by atoms with van der Waals surface area (Å²) in [4.78, 5) is 21.5. The second-order valence-electron chi connectivity index (χ2n) is 4.05. The minimum absolute atomic E-state index is 0.0222. The van der Waals surface area contributed by atoms with Gasteiger partial charge in [-0.2, -0.15) is 0 Å². The van der Waals surface area contributed by atoms with Gasteiger partial charge in [-0.05, 0) is 11.3 Å². The molecule has 0 bridgehead atoms. The van der Waals surface area contributed by atoms with Crippen molar-refractivity contribution in [3.63, 3.8) is 0 Å². The van der Waals surface area contributed by atoms with Crippen LogP contribution in [0.15, 0.2) is 12.2 Å². The fourth-order valence-electron chi connectivity index (χ4n) is 1.80.